The zero-order chi connectivity index (χ0) is 22.9. The van der Waals surface area contributed by atoms with E-state index in [0.717, 1.165) is 29.5 Å². The number of nitrogens with zero attached hydrogens (tertiary/aromatic N) is 1. The van der Waals surface area contributed by atoms with Gasteiger partial charge in [0.2, 0.25) is 11.8 Å². The lowest BCUT2D eigenvalue weighted by atomic mass is 9.62. The molecule has 0 unspecified atom stereocenters. The molecule has 166 valence electrons. The average Bonchev–Trinajstić information content (AvgIpc) is 2.77. The second-order valence-corrected chi connectivity index (χ2v) is 12.2. The molecular weight excluding hydrogens is 374 g/mol. The van der Waals surface area contributed by atoms with Crippen molar-refractivity contribution in [2.45, 2.75) is 92.4 Å². The molecule has 2 atom stereocenters. The maximum absolute atomic E-state index is 13.3. The van der Waals surface area contributed by atoms with Crippen molar-refractivity contribution in [2.75, 3.05) is 6.54 Å². The van der Waals surface area contributed by atoms with Gasteiger partial charge in [-0.3, -0.25) is 14.5 Å². The molecule has 1 saturated heterocycles. The van der Waals surface area contributed by atoms with Crippen molar-refractivity contribution < 1.29 is 14.7 Å². The molecule has 30 heavy (non-hydrogen) atoms. The van der Waals surface area contributed by atoms with E-state index in [-0.39, 0.29) is 34.0 Å². The van der Waals surface area contributed by atoms with Crippen LogP contribution in [0.2, 0.25) is 0 Å². The highest BCUT2D eigenvalue weighted by Gasteiger charge is 2.64. The van der Waals surface area contributed by atoms with E-state index in [4.69, 9.17) is 0 Å². The summed E-state index contributed by atoms with van der Waals surface area (Å²) >= 11 is 0. The van der Waals surface area contributed by atoms with Gasteiger partial charge in [-0.1, -0.05) is 74.4 Å². The van der Waals surface area contributed by atoms with Gasteiger partial charge in [0, 0.05) is 12.5 Å². The summed E-state index contributed by atoms with van der Waals surface area (Å²) in [6.45, 7) is 19.1. The summed E-state index contributed by atoms with van der Waals surface area (Å²) in [4.78, 5) is 28.0. The number of rotatable bonds is 3. The quantitative estimate of drug-likeness (QED) is 0.680. The van der Waals surface area contributed by atoms with Crippen molar-refractivity contribution >= 4 is 11.8 Å². The number of benzene rings is 1. The Balaban J connectivity index is 1.93. The third-order valence-corrected chi connectivity index (χ3v) is 7.92. The molecule has 2 amide bonds. The summed E-state index contributed by atoms with van der Waals surface area (Å²) in [5, 5.41) is 10.9. The van der Waals surface area contributed by atoms with E-state index in [9.17, 15) is 14.7 Å². The van der Waals surface area contributed by atoms with Gasteiger partial charge in [-0.05, 0) is 52.2 Å². The molecule has 1 aromatic rings. The first-order valence-corrected chi connectivity index (χ1v) is 11.2. The smallest absolute Gasteiger partial charge is 0.235 e. The number of amides is 2. The van der Waals surface area contributed by atoms with Crippen LogP contribution in [0.1, 0.15) is 91.8 Å². The Hall–Kier alpha value is -1.84. The number of phenolic OH excluding ortho intramolecular Hbond substituents is 1. The number of carbonyl (C=O) groups excluding carboxylic acids is 2. The first kappa shape index (κ1) is 22.8. The molecule has 3 rings (SSSR count). The zero-order valence-electron chi connectivity index (χ0n) is 20.3. The van der Waals surface area contributed by atoms with Crippen LogP contribution in [0.4, 0.5) is 0 Å². The number of piperidine rings is 1. The molecule has 1 aliphatic carbocycles. The van der Waals surface area contributed by atoms with Crippen LogP contribution in [0.3, 0.4) is 0 Å². The molecule has 1 aromatic carbocycles. The van der Waals surface area contributed by atoms with Crippen molar-refractivity contribution in [3.8, 4) is 5.75 Å². The molecule has 4 heteroatoms. The third-order valence-electron chi connectivity index (χ3n) is 7.92. The lowest BCUT2D eigenvalue weighted by Gasteiger charge is -2.47. The van der Waals surface area contributed by atoms with Gasteiger partial charge in [0.05, 0.1) is 5.41 Å². The van der Waals surface area contributed by atoms with Crippen LogP contribution in [-0.4, -0.2) is 28.4 Å². The number of phenols is 1. The topological polar surface area (TPSA) is 57.6 Å². The van der Waals surface area contributed by atoms with Crippen molar-refractivity contribution in [3.63, 3.8) is 0 Å². The number of carbonyl (C=O) groups is 2. The minimum Gasteiger partial charge on any atom is -0.507 e. The highest BCUT2D eigenvalue weighted by atomic mass is 16.3. The third kappa shape index (κ3) is 3.36. The Labute approximate surface area is 182 Å². The van der Waals surface area contributed by atoms with Crippen LogP contribution in [0.15, 0.2) is 12.1 Å². The maximum Gasteiger partial charge on any atom is 0.235 e. The van der Waals surface area contributed by atoms with E-state index >= 15 is 0 Å². The van der Waals surface area contributed by atoms with Gasteiger partial charge in [0.25, 0.3) is 0 Å². The molecule has 1 N–H and O–H groups in total. The number of aromatic hydroxyl groups is 1. The Kier molecular flexibility index (Phi) is 5.20. The van der Waals surface area contributed by atoms with E-state index < -0.39 is 5.41 Å². The van der Waals surface area contributed by atoms with Crippen molar-refractivity contribution in [2.24, 2.45) is 16.7 Å². The van der Waals surface area contributed by atoms with Gasteiger partial charge in [-0.2, -0.15) is 0 Å². The van der Waals surface area contributed by atoms with E-state index in [1.54, 1.807) is 0 Å². The Morgan fingerprint density at radius 1 is 1.00 bits per heavy atom. The second-order valence-electron chi connectivity index (χ2n) is 12.2. The summed E-state index contributed by atoms with van der Waals surface area (Å²) in [6, 6.07) is 4.09. The van der Waals surface area contributed by atoms with Crippen LogP contribution >= 0.6 is 0 Å². The van der Waals surface area contributed by atoms with Gasteiger partial charge in [0.1, 0.15) is 5.75 Å². The molecule has 1 heterocycles. The predicted octanol–water partition coefficient (Wildman–Crippen LogP) is 5.34. The Morgan fingerprint density at radius 2 is 1.50 bits per heavy atom. The summed E-state index contributed by atoms with van der Waals surface area (Å²) < 4.78 is 0. The number of imide groups is 1. The summed E-state index contributed by atoms with van der Waals surface area (Å²) in [6.07, 6.45) is 2.19. The number of likely N-dealkylation sites (tertiary alicyclic amines) is 1. The SMILES string of the molecule is CC(C)(C)c1cc(CCN2C(=O)[C@H]3CC[C@@](C)(C2=O)C3(C)C)cc(C(C)(C)C)c1O. The van der Waals surface area contributed by atoms with Crippen LogP contribution in [0.25, 0.3) is 0 Å². The molecule has 2 aliphatic rings. The number of fused-ring (bicyclic) bond motifs is 2. The van der Waals surface area contributed by atoms with Crippen LogP contribution < -0.4 is 0 Å². The lowest BCUT2D eigenvalue weighted by Crippen LogP contribution is -2.59. The Bertz CT molecular complexity index is 850. The van der Waals surface area contributed by atoms with Gasteiger partial charge < -0.3 is 5.11 Å². The zero-order valence-corrected chi connectivity index (χ0v) is 20.3. The van der Waals surface area contributed by atoms with E-state index in [1.807, 2.05) is 19.1 Å². The minimum absolute atomic E-state index is 0.00848. The van der Waals surface area contributed by atoms with Gasteiger partial charge >= 0.3 is 0 Å². The van der Waals surface area contributed by atoms with E-state index in [2.05, 4.69) is 55.4 Å². The fourth-order valence-corrected chi connectivity index (χ4v) is 5.34. The highest BCUT2D eigenvalue weighted by molar-refractivity contribution is 6.03. The maximum atomic E-state index is 13.3. The highest BCUT2D eigenvalue weighted by Crippen LogP contribution is 2.60. The molecule has 1 saturated carbocycles. The van der Waals surface area contributed by atoms with E-state index in [0.29, 0.717) is 18.7 Å². The van der Waals surface area contributed by atoms with Gasteiger partial charge in [-0.15, -0.1) is 0 Å². The molecule has 4 nitrogen and oxygen atoms in total. The molecule has 2 fully saturated rings. The molecule has 0 aromatic heterocycles. The van der Waals surface area contributed by atoms with Gasteiger partial charge in [0.15, 0.2) is 0 Å². The fourth-order valence-electron chi connectivity index (χ4n) is 5.34. The van der Waals surface area contributed by atoms with E-state index in [1.165, 1.54) is 4.90 Å². The van der Waals surface area contributed by atoms with Crippen molar-refractivity contribution in [1.82, 2.24) is 4.90 Å². The van der Waals surface area contributed by atoms with Crippen LogP contribution in [-0.2, 0) is 26.8 Å². The predicted molar refractivity (Wildman–Crippen MR) is 121 cm³/mol. The molecule has 0 spiro atoms. The standard InChI is InChI=1S/C26H39NO3/c1-23(2,3)18-14-16(15-19(20(18)28)24(4,5)6)11-13-27-21(29)17-10-12-26(9,22(27)30)25(17,7)8/h14-15,17,28H,10-13H2,1-9H3/t17-,26+/m1/s1. The van der Waals surface area contributed by atoms with Crippen LogP contribution in [0, 0.1) is 16.7 Å². The first-order chi connectivity index (χ1) is 13.5. The lowest BCUT2D eigenvalue weighted by molar-refractivity contribution is -0.167. The normalized spacial score (nSPS) is 26.4. The van der Waals surface area contributed by atoms with Crippen LogP contribution in [0.5, 0.6) is 5.75 Å². The molecule has 1 aliphatic heterocycles. The molecular formula is C26H39NO3. The number of hydrogen-bond acceptors (Lipinski definition) is 3. The fraction of sp³-hybridized carbons (Fsp3) is 0.692. The second kappa shape index (κ2) is 6.83. The summed E-state index contributed by atoms with van der Waals surface area (Å²) in [7, 11) is 0. The Morgan fingerprint density at radius 3 is 1.97 bits per heavy atom. The summed E-state index contributed by atoms with van der Waals surface area (Å²) in [5.74, 6) is 0.259. The largest absolute Gasteiger partial charge is 0.507 e. The average molecular weight is 414 g/mol. The first-order valence-electron chi connectivity index (χ1n) is 11.2. The van der Waals surface area contributed by atoms with Gasteiger partial charge in [-0.25, -0.2) is 0 Å². The van der Waals surface area contributed by atoms with Crippen molar-refractivity contribution in [3.05, 3.63) is 28.8 Å². The number of hydrogen-bond donors (Lipinski definition) is 1. The molecule has 2 bridgehead atoms. The van der Waals surface area contributed by atoms with Crippen molar-refractivity contribution in [1.29, 1.82) is 0 Å². The summed E-state index contributed by atoms with van der Waals surface area (Å²) in [5.41, 5.74) is 1.73. The molecule has 0 radical (unpaired) electrons. The minimum atomic E-state index is -0.465. The monoisotopic (exact) mass is 413 g/mol.